The van der Waals surface area contributed by atoms with Gasteiger partial charge in [0.15, 0.2) is 5.82 Å². The van der Waals surface area contributed by atoms with E-state index >= 15 is 0 Å². The minimum atomic E-state index is -0.997. The lowest BCUT2D eigenvalue weighted by Gasteiger charge is -2.09. The fourth-order valence-electron chi connectivity index (χ4n) is 2.49. The standard InChI is InChI=1S/C18H15F3N6O2/c1-10-24-25-26-27(10)16-9-12(3-5-14(16)20)23-17(28)6-7-22-18(29)13-4-2-11(19)8-15(13)21/h2-5,8-9H,6-7H2,1H3,(H,22,29)(H,23,28). The second-order valence-electron chi connectivity index (χ2n) is 5.98. The van der Waals surface area contributed by atoms with Crippen molar-refractivity contribution >= 4 is 17.5 Å². The number of carbonyl (C=O) groups is 2. The van der Waals surface area contributed by atoms with Gasteiger partial charge in [0.05, 0.1) is 5.56 Å². The fourth-order valence-corrected chi connectivity index (χ4v) is 2.49. The lowest BCUT2D eigenvalue weighted by molar-refractivity contribution is -0.116. The SMILES string of the molecule is Cc1nnnn1-c1cc(NC(=O)CCNC(=O)c2ccc(F)cc2F)ccc1F. The molecule has 0 aliphatic heterocycles. The number of nitrogens with zero attached hydrogens (tertiary/aromatic N) is 4. The first-order valence-electron chi connectivity index (χ1n) is 8.43. The Morgan fingerprint density at radius 2 is 1.86 bits per heavy atom. The molecule has 0 atom stereocenters. The molecule has 150 valence electrons. The maximum atomic E-state index is 14.0. The Morgan fingerprint density at radius 1 is 1.07 bits per heavy atom. The smallest absolute Gasteiger partial charge is 0.254 e. The monoisotopic (exact) mass is 404 g/mol. The number of tetrazole rings is 1. The second kappa shape index (κ2) is 8.50. The van der Waals surface area contributed by atoms with Gasteiger partial charge in [-0.15, -0.1) is 5.10 Å². The average molecular weight is 404 g/mol. The number of amides is 2. The summed E-state index contributed by atoms with van der Waals surface area (Å²) < 4.78 is 41.7. The Bertz CT molecular complexity index is 1070. The van der Waals surface area contributed by atoms with Gasteiger partial charge < -0.3 is 10.6 Å². The molecule has 0 fully saturated rings. The van der Waals surface area contributed by atoms with Crippen LogP contribution in [-0.2, 0) is 4.79 Å². The Hall–Kier alpha value is -3.76. The van der Waals surface area contributed by atoms with E-state index in [9.17, 15) is 22.8 Å². The predicted octanol–water partition coefficient (Wildman–Crippen LogP) is 2.15. The Labute approximate surface area is 162 Å². The first kappa shape index (κ1) is 20.0. The molecule has 0 aliphatic rings. The van der Waals surface area contributed by atoms with E-state index in [4.69, 9.17) is 0 Å². The zero-order valence-corrected chi connectivity index (χ0v) is 15.1. The van der Waals surface area contributed by atoms with Crippen LogP contribution in [0, 0.1) is 24.4 Å². The summed E-state index contributed by atoms with van der Waals surface area (Å²) in [7, 11) is 0. The van der Waals surface area contributed by atoms with Crippen LogP contribution in [0.5, 0.6) is 0 Å². The van der Waals surface area contributed by atoms with Crippen LogP contribution in [0.4, 0.5) is 18.9 Å². The van der Waals surface area contributed by atoms with Gasteiger partial charge in [-0.1, -0.05) is 0 Å². The number of aryl methyl sites for hydroxylation is 1. The molecule has 0 spiro atoms. The topological polar surface area (TPSA) is 102 Å². The molecule has 0 radical (unpaired) electrons. The van der Waals surface area contributed by atoms with Crippen molar-refractivity contribution in [3.05, 3.63) is 65.2 Å². The first-order valence-corrected chi connectivity index (χ1v) is 8.43. The molecule has 2 N–H and O–H groups in total. The number of anilines is 1. The summed E-state index contributed by atoms with van der Waals surface area (Å²) in [4.78, 5) is 24.0. The van der Waals surface area contributed by atoms with Crippen molar-refractivity contribution in [1.82, 2.24) is 25.5 Å². The second-order valence-corrected chi connectivity index (χ2v) is 5.98. The van der Waals surface area contributed by atoms with Gasteiger partial charge in [-0.3, -0.25) is 9.59 Å². The molecule has 3 rings (SSSR count). The van der Waals surface area contributed by atoms with Crippen molar-refractivity contribution in [2.24, 2.45) is 0 Å². The van der Waals surface area contributed by atoms with E-state index in [0.717, 1.165) is 18.2 Å². The Morgan fingerprint density at radius 3 is 2.55 bits per heavy atom. The molecular weight excluding hydrogens is 389 g/mol. The summed E-state index contributed by atoms with van der Waals surface area (Å²) >= 11 is 0. The molecule has 0 aliphatic carbocycles. The number of nitrogens with one attached hydrogen (secondary N) is 2. The predicted molar refractivity (Wildman–Crippen MR) is 95.8 cm³/mol. The third kappa shape index (κ3) is 4.75. The number of aromatic nitrogens is 4. The summed E-state index contributed by atoms with van der Waals surface area (Å²) in [6.45, 7) is 1.51. The molecule has 2 amide bonds. The van der Waals surface area contributed by atoms with Gasteiger partial charge in [-0.25, -0.2) is 13.2 Å². The third-order valence-corrected chi connectivity index (χ3v) is 3.90. The maximum absolute atomic E-state index is 14.0. The van der Waals surface area contributed by atoms with E-state index < -0.39 is 29.3 Å². The van der Waals surface area contributed by atoms with E-state index in [2.05, 4.69) is 26.2 Å². The van der Waals surface area contributed by atoms with Crippen LogP contribution in [0.2, 0.25) is 0 Å². The largest absolute Gasteiger partial charge is 0.351 e. The third-order valence-electron chi connectivity index (χ3n) is 3.90. The minimum absolute atomic E-state index is 0.0605. The molecule has 29 heavy (non-hydrogen) atoms. The lowest BCUT2D eigenvalue weighted by atomic mass is 10.2. The maximum Gasteiger partial charge on any atom is 0.254 e. The van der Waals surface area contributed by atoms with Gasteiger partial charge in [-0.05, 0) is 47.7 Å². The molecular formula is C18H15F3N6O2. The van der Waals surface area contributed by atoms with Crippen molar-refractivity contribution < 1.29 is 22.8 Å². The summed E-state index contributed by atoms with van der Waals surface area (Å²) in [5, 5.41) is 15.7. The van der Waals surface area contributed by atoms with Crippen LogP contribution in [0.25, 0.3) is 5.69 Å². The van der Waals surface area contributed by atoms with E-state index in [0.29, 0.717) is 17.6 Å². The highest BCUT2D eigenvalue weighted by molar-refractivity contribution is 5.95. The average Bonchev–Trinajstić information content (AvgIpc) is 3.09. The molecule has 11 heteroatoms. The molecule has 0 saturated heterocycles. The Kier molecular flexibility index (Phi) is 5.86. The Balaban J connectivity index is 1.57. The summed E-state index contributed by atoms with van der Waals surface area (Å²) in [5.74, 6) is -3.24. The summed E-state index contributed by atoms with van der Waals surface area (Å²) in [6, 6.07) is 6.46. The van der Waals surface area contributed by atoms with Crippen LogP contribution in [0.15, 0.2) is 36.4 Å². The van der Waals surface area contributed by atoms with Crippen molar-refractivity contribution in [3.8, 4) is 5.69 Å². The van der Waals surface area contributed by atoms with E-state index in [-0.39, 0.29) is 24.2 Å². The van der Waals surface area contributed by atoms with Crippen molar-refractivity contribution in [3.63, 3.8) is 0 Å². The number of carbonyl (C=O) groups excluding carboxylic acids is 2. The van der Waals surface area contributed by atoms with Crippen LogP contribution in [0.3, 0.4) is 0 Å². The number of benzene rings is 2. The van der Waals surface area contributed by atoms with Gasteiger partial charge in [0, 0.05) is 24.7 Å². The molecule has 8 nitrogen and oxygen atoms in total. The normalized spacial score (nSPS) is 10.6. The number of hydrogen-bond acceptors (Lipinski definition) is 5. The van der Waals surface area contributed by atoms with Crippen LogP contribution in [0.1, 0.15) is 22.6 Å². The van der Waals surface area contributed by atoms with Crippen LogP contribution < -0.4 is 10.6 Å². The molecule has 1 heterocycles. The molecule has 2 aromatic carbocycles. The van der Waals surface area contributed by atoms with E-state index in [1.54, 1.807) is 6.92 Å². The summed E-state index contributed by atoms with van der Waals surface area (Å²) in [5.41, 5.74) is 0.0365. The number of rotatable bonds is 6. The van der Waals surface area contributed by atoms with Gasteiger partial charge in [-0.2, -0.15) is 4.68 Å². The van der Waals surface area contributed by atoms with E-state index in [1.807, 2.05) is 0 Å². The van der Waals surface area contributed by atoms with Gasteiger partial charge in [0.25, 0.3) is 5.91 Å². The first-order chi connectivity index (χ1) is 13.8. The zero-order chi connectivity index (χ0) is 21.0. The lowest BCUT2D eigenvalue weighted by Crippen LogP contribution is -2.28. The van der Waals surface area contributed by atoms with Crippen LogP contribution in [-0.4, -0.2) is 38.6 Å². The molecule has 0 bridgehead atoms. The minimum Gasteiger partial charge on any atom is -0.351 e. The van der Waals surface area contributed by atoms with Crippen molar-refractivity contribution in [2.45, 2.75) is 13.3 Å². The highest BCUT2D eigenvalue weighted by Crippen LogP contribution is 2.19. The van der Waals surface area contributed by atoms with Crippen molar-refractivity contribution in [1.29, 1.82) is 0 Å². The molecule has 1 aromatic heterocycles. The summed E-state index contributed by atoms with van der Waals surface area (Å²) in [6.07, 6.45) is -0.120. The van der Waals surface area contributed by atoms with Gasteiger partial charge >= 0.3 is 0 Å². The van der Waals surface area contributed by atoms with Gasteiger partial charge in [0.2, 0.25) is 5.91 Å². The molecule has 0 unspecified atom stereocenters. The quantitative estimate of drug-likeness (QED) is 0.656. The highest BCUT2D eigenvalue weighted by Gasteiger charge is 2.14. The van der Waals surface area contributed by atoms with Crippen molar-refractivity contribution in [2.75, 3.05) is 11.9 Å². The zero-order valence-electron chi connectivity index (χ0n) is 15.1. The fraction of sp³-hybridized carbons (Fsp3) is 0.167. The van der Waals surface area contributed by atoms with E-state index in [1.165, 1.54) is 16.8 Å². The van der Waals surface area contributed by atoms with Gasteiger partial charge in [0.1, 0.15) is 23.1 Å². The van der Waals surface area contributed by atoms with Crippen LogP contribution >= 0.6 is 0 Å². The molecule has 3 aromatic rings. The number of hydrogen-bond donors (Lipinski definition) is 2. The highest BCUT2D eigenvalue weighted by atomic mass is 19.1. The molecule has 0 saturated carbocycles. The number of halogens is 3.